The quantitative estimate of drug-likeness (QED) is 0.116. The fraction of sp³-hybridized carbons (Fsp3) is 0.667. The number of carbonyl (C=O) groups is 4. The zero-order valence-electron chi connectivity index (χ0n) is 26.1. The molecule has 0 saturated heterocycles. The Morgan fingerprint density at radius 2 is 0.750 bits per heavy atom. The van der Waals surface area contributed by atoms with Crippen molar-refractivity contribution in [2.75, 3.05) is 26.4 Å². The summed E-state index contributed by atoms with van der Waals surface area (Å²) in [6.45, 7) is 0.890. The highest BCUT2D eigenvalue weighted by molar-refractivity contribution is 5.88. The molecule has 0 spiro atoms. The van der Waals surface area contributed by atoms with Crippen LogP contribution < -0.4 is 0 Å². The van der Waals surface area contributed by atoms with Gasteiger partial charge in [-0.2, -0.15) is 0 Å². The van der Waals surface area contributed by atoms with E-state index in [9.17, 15) is 19.2 Å². The minimum atomic E-state index is -1.21. The smallest absolute Gasteiger partial charge is 0.310 e. The molecule has 6 atom stereocenters. The molecule has 8 nitrogen and oxygen atoms in total. The maximum absolute atomic E-state index is 13.6. The van der Waals surface area contributed by atoms with E-state index >= 15 is 0 Å². The molecule has 242 valence electrons. The molecule has 0 fully saturated rings. The molecule has 0 aromatic rings. The molecule has 0 radical (unpaired) electrons. The number of carbonyl (C=O) groups excluding carboxylic acids is 4. The van der Waals surface area contributed by atoms with Gasteiger partial charge in [-0.1, -0.05) is 48.6 Å². The highest BCUT2D eigenvalue weighted by atomic mass is 16.6. The van der Waals surface area contributed by atoms with E-state index in [0.717, 1.165) is 77.0 Å². The van der Waals surface area contributed by atoms with Crippen molar-refractivity contribution in [2.24, 2.45) is 35.5 Å². The van der Waals surface area contributed by atoms with Crippen LogP contribution in [0.2, 0.25) is 0 Å². The number of esters is 4. The molecule has 44 heavy (non-hydrogen) atoms. The van der Waals surface area contributed by atoms with Gasteiger partial charge in [0.2, 0.25) is 0 Å². The van der Waals surface area contributed by atoms with Gasteiger partial charge >= 0.3 is 23.9 Å². The lowest BCUT2D eigenvalue weighted by Crippen LogP contribution is -2.38. The highest BCUT2D eigenvalue weighted by Gasteiger charge is 2.40. The molecule has 6 unspecified atom stereocenters. The van der Waals surface area contributed by atoms with Crippen LogP contribution in [-0.2, 0) is 38.1 Å². The third-order valence-corrected chi connectivity index (χ3v) is 9.26. The number of allylic oxidation sites excluding steroid dienone is 8. The topological polar surface area (TPSA) is 105 Å². The normalized spacial score (nSPS) is 25.9. The Bertz CT molecular complexity index is 988. The maximum Gasteiger partial charge on any atom is 0.310 e. The van der Waals surface area contributed by atoms with E-state index in [2.05, 4.69) is 48.6 Å². The average Bonchev–Trinajstić information content (AvgIpc) is 3.07. The van der Waals surface area contributed by atoms with Gasteiger partial charge in [-0.25, -0.2) is 0 Å². The first-order chi connectivity index (χ1) is 21.5. The van der Waals surface area contributed by atoms with E-state index in [0.29, 0.717) is 0 Å². The van der Waals surface area contributed by atoms with Crippen molar-refractivity contribution in [2.45, 2.75) is 89.9 Å². The number of ether oxygens (including phenoxy) is 4. The van der Waals surface area contributed by atoms with Gasteiger partial charge in [0.05, 0.1) is 51.1 Å². The Labute approximate surface area is 262 Å². The summed E-state index contributed by atoms with van der Waals surface area (Å²) in [4.78, 5) is 53.5. The van der Waals surface area contributed by atoms with Crippen LogP contribution in [0.25, 0.3) is 0 Å². The van der Waals surface area contributed by atoms with Crippen molar-refractivity contribution < 1.29 is 38.1 Å². The zero-order valence-corrected chi connectivity index (χ0v) is 26.1. The lowest BCUT2D eigenvalue weighted by Gasteiger charge is -2.26. The van der Waals surface area contributed by atoms with Crippen molar-refractivity contribution in [3.8, 4) is 0 Å². The monoisotopic (exact) mass is 610 g/mol. The van der Waals surface area contributed by atoms with Crippen molar-refractivity contribution >= 4 is 23.9 Å². The fourth-order valence-corrected chi connectivity index (χ4v) is 6.32. The molecule has 0 aromatic carbocycles. The second-order valence-electron chi connectivity index (χ2n) is 12.8. The van der Waals surface area contributed by atoms with E-state index in [1.54, 1.807) is 0 Å². The second-order valence-corrected chi connectivity index (χ2v) is 12.8. The third-order valence-electron chi connectivity index (χ3n) is 9.26. The molecule has 0 heterocycles. The summed E-state index contributed by atoms with van der Waals surface area (Å²) >= 11 is 0. The Morgan fingerprint density at radius 3 is 1.02 bits per heavy atom. The number of hydrogen-bond acceptors (Lipinski definition) is 8. The van der Waals surface area contributed by atoms with Crippen LogP contribution in [0, 0.1) is 35.5 Å². The zero-order chi connectivity index (χ0) is 31.0. The molecule has 0 aliphatic heterocycles. The van der Waals surface area contributed by atoms with Crippen LogP contribution in [0.5, 0.6) is 0 Å². The van der Waals surface area contributed by atoms with Crippen LogP contribution >= 0.6 is 0 Å². The average molecular weight is 611 g/mol. The molecule has 8 heteroatoms. The first kappa shape index (κ1) is 33.7. The summed E-state index contributed by atoms with van der Waals surface area (Å²) in [5.74, 6) is -4.14. The van der Waals surface area contributed by atoms with Crippen molar-refractivity contribution in [1.82, 2.24) is 0 Å². The Kier molecular flexibility index (Phi) is 14.3. The number of rotatable bonds is 15. The summed E-state index contributed by atoms with van der Waals surface area (Å²) in [5, 5.41) is 0. The van der Waals surface area contributed by atoms with Crippen LogP contribution in [-0.4, -0.2) is 50.3 Å². The van der Waals surface area contributed by atoms with Gasteiger partial charge in [-0.05, 0) is 101 Å². The molecule has 4 aliphatic rings. The molecule has 0 N–H and O–H groups in total. The third kappa shape index (κ3) is 11.7. The number of hydrogen-bond donors (Lipinski definition) is 0. The summed E-state index contributed by atoms with van der Waals surface area (Å²) in [6.07, 6.45) is 26.7. The Balaban J connectivity index is 1.45. The van der Waals surface area contributed by atoms with Crippen LogP contribution in [0.1, 0.15) is 89.9 Å². The van der Waals surface area contributed by atoms with Gasteiger partial charge in [0, 0.05) is 0 Å². The van der Waals surface area contributed by atoms with Gasteiger partial charge in [0.1, 0.15) is 0 Å². The molecular formula is C36H50O8. The van der Waals surface area contributed by atoms with E-state index in [4.69, 9.17) is 18.9 Å². The largest absolute Gasteiger partial charge is 0.465 e. The van der Waals surface area contributed by atoms with Crippen molar-refractivity contribution in [3.63, 3.8) is 0 Å². The van der Waals surface area contributed by atoms with Crippen LogP contribution in [0.3, 0.4) is 0 Å². The summed E-state index contributed by atoms with van der Waals surface area (Å²) in [6, 6.07) is 0. The standard InChI is InChI=1S/C36H50O8/c37-33(41-23-27-13-5-1-6-14-27)21-31(35(39)43-25-29-17-9-3-10-18-29)32(36(40)44-26-30-19-11-4-12-20-30)22-34(38)42-24-28-15-7-2-8-16-28/h1-5,7,9,11,27-32H,6,8,10,12-26H2. The Hall–Kier alpha value is -3.16. The second kappa shape index (κ2) is 18.6. The Morgan fingerprint density at radius 1 is 0.455 bits per heavy atom. The SMILES string of the molecule is O=C(CC(C(=O)OCC1CC=CCC1)C(CC(=O)OCC1CC=CCC1)C(=O)OCC1CC=CCC1)OCC1CC=CCC1. The van der Waals surface area contributed by atoms with Crippen LogP contribution in [0.15, 0.2) is 48.6 Å². The predicted molar refractivity (Wildman–Crippen MR) is 166 cm³/mol. The lowest BCUT2D eigenvalue weighted by atomic mass is 9.86. The fourth-order valence-electron chi connectivity index (χ4n) is 6.32. The first-order valence-corrected chi connectivity index (χ1v) is 16.7. The molecule has 0 aromatic heterocycles. The van der Waals surface area contributed by atoms with Crippen molar-refractivity contribution in [3.05, 3.63) is 48.6 Å². The van der Waals surface area contributed by atoms with Gasteiger partial charge in [0.25, 0.3) is 0 Å². The summed E-state index contributed by atoms with van der Waals surface area (Å²) in [5.41, 5.74) is 0. The van der Waals surface area contributed by atoms with E-state index < -0.39 is 35.7 Å². The lowest BCUT2D eigenvalue weighted by molar-refractivity contribution is -0.169. The maximum atomic E-state index is 13.6. The molecule has 0 amide bonds. The minimum absolute atomic E-state index is 0.176. The molecule has 0 bridgehead atoms. The molecule has 0 saturated carbocycles. The molecule has 4 aliphatic carbocycles. The van der Waals surface area contributed by atoms with Gasteiger partial charge in [-0.15, -0.1) is 0 Å². The van der Waals surface area contributed by atoms with Crippen LogP contribution in [0.4, 0.5) is 0 Å². The van der Waals surface area contributed by atoms with Gasteiger partial charge < -0.3 is 18.9 Å². The minimum Gasteiger partial charge on any atom is -0.465 e. The highest BCUT2D eigenvalue weighted by Crippen LogP contribution is 2.29. The van der Waals surface area contributed by atoms with E-state index in [1.165, 1.54) is 0 Å². The predicted octanol–water partition coefficient (Wildman–Crippen LogP) is 6.60. The summed E-state index contributed by atoms with van der Waals surface area (Å²) < 4.78 is 22.7. The molecule has 4 rings (SSSR count). The van der Waals surface area contributed by atoms with Gasteiger partial charge in [0.15, 0.2) is 0 Å². The first-order valence-electron chi connectivity index (χ1n) is 16.7. The van der Waals surface area contributed by atoms with E-state index in [-0.39, 0.29) is 62.9 Å². The van der Waals surface area contributed by atoms with E-state index in [1.807, 2.05) is 0 Å². The summed E-state index contributed by atoms with van der Waals surface area (Å²) in [7, 11) is 0. The van der Waals surface area contributed by atoms with Gasteiger partial charge in [-0.3, -0.25) is 19.2 Å². The molecular weight excluding hydrogens is 560 g/mol. The van der Waals surface area contributed by atoms with Crippen molar-refractivity contribution in [1.29, 1.82) is 0 Å².